The monoisotopic (exact) mass is 186 g/mol. The lowest BCUT2D eigenvalue weighted by atomic mass is 10.6. The number of halogens is 1. The Balaban J connectivity index is 4.51. The zero-order valence-electron chi connectivity index (χ0n) is 8.26. The fourth-order valence-electron chi connectivity index (χ4n) is 0.634. The van der Waals surface area contributed by atoms with Crippen molar-refractivity contribution in [1.29, 1.82) is 0 Å². The third-order valence-electron chi connectivity index (χ3n) is 0.984. The molecule has 0 rings (SSSR count). The van der Waals surface area contributed by atoms with Crippen LogP contribution in [0.3, 0.4) is 0 Å². The minimum Gasteiger partial charge on any atom is -0.328 e. The van der Waals surface area contributed by atoms with Crippen LogP contribution in [0.25, 0.3) is 0 Å². The summed E-state index contributed by atoms with van der Waals surface area (Å²) in [5.74, 6) is 0. The molecule has 1 unspecified atom stereocenters. The van der Waals surface area contributed by atoms with Gasteiger partial charge in [0.2, 0.25) is 7.37 Å². The standard InChI is InChI=1S/C6H14ClO2P/c1-3-5-10(8,6-7)9-4-2/h3-6H2,1-2H3/i6D2. The van der Waals surface area contributed by atoms with E-state index in [2.05, 4.69) is 0 Å². The van der Waals surface area contributed by atoms with E-state index in [0.717, 1.165) is 0 Å². The Morgan fingerprint density at radius 3 is 2.60 bits per heavy atom. The molecule has 0 aromatic rings. The van der Waals surface area contributed by atoms with Crippen molar-refractivity contribution in [1.82, 2.24) is 0 Å². The first-order valence-electron chi connectivity index (χ1n) is 4.30. The maximum atomic E-state index is 11.7. The third kappa shape index (κ3) is 3.60. The zero-order valence-corrected chi connectivity index (χ0v) is 7.91. The van der Waals surface area contributed by atoms with Gasteiger partial charge in [-0.05, 0) is 13.3 Å². The van der Waals surface area contributed by atoms with Crippen LogP contribution in [0.1, 0.15) is 23.0 Å². The lowest BCUT2D eigenvalue weighted by Crippen LogP contribution is -1.95. The smallest absolute Gasteiger partial charge is 0.217 e. The van der Waals surface area contributed by atoms with Crippen LogP contribution >= 0.6 is 19.0 Å². The Kier molecular flexibility index (Phi) is 3.70. The summed E-state index contributed by atoms with van der Waals surface area (Å²) >= 11 is 5.34. The van der Waals surface area contributed by atoms with Crippen LogP contribution in [0.15, 0.2) is 0 Å². The molecule has 0 bridgehead atoms. The van der Waals surface area contributed by atoms with Crippen LogP contribution in [0.5, 0.6) is 0 Å². The molecule has 62 valence electrons. The normalized spacial score (nSPS) is 21.1. The summed E-state index contributed by atoms with van der Waals surface area (Å²) in [5, 5.41) is 0. The SMILES string of the molecule is [2H]C([2H])(Cl)P(=O)(CCC)OCC. The van der Waals surface area contributed by atoms with E-state index in [4.69, 9.17) is 18.9 Å². The zero-order chi connectivity index (χ0) is 9.83. The number of rotatable bonds is 5. The highest BCUT2D eigenvalue weighted by Crippen LogP contribution is 2.47. The molecule has 4 heteroatoms. The Hall–Kier alpha value is 0.480. The summed E-state index contributed by atoms with van der Waals surface area (Å²) in [6.45, 7) is 3.71. The summed E-state index contributed by atoms with van der Waals surface area (Å²) in [6.07, 6.45) is 0.793. The Morgan fingerprint density at radius 1 is 1.70 bits per heavy atom. The molecule has 0 saturated carbocycles. The average molecular weight is 187 g/mol. The van der Waals surface area contributed by atoms with E-state index in [1.54, 1.807) is 6.92 Å². The van der Waals surface area contributed by atoms with Gasteiger partial charge < -0.3 is 4.52 Å². The predicted molar refractivity (Wildman–Crippen MR) is 45.1 cm³/mol. The first kappa shape index (κ1) is 7.15. The van der Waals surface area contributed by atoms with E-state index in [1.165, 1.54) is 0 Å². The van der Waals surface area contributed by atoms with E-state index in [-0.39, 0.29) is 12.8 Å². The van der Waals surface area contributed by atoms with Gasteiger partial charge in [0.25, 0.3) is 0 Å². The van der Waals surface area contributed by atoms with Gasteiger partial charge in [-0.3, -0.25) is 4.57 Å². The van der Waals surface area contributed by atoms with Crippen LogP contribution in [-0.4, -0.2) is 18.3 Å². The summed E-state index contributed by atoms with van der Waals surface area (Å²) < 4.78 is 30.9. The van der Waals surface area contributed by atoms with Crippen molar-refractivity contribution >= 4 is 19.0 Å². The molecular weight excluding hydrogens is 170 g/mol. The van der Waals surface area contributed by atoms with Gasteiger partial charge in [0.1, 0.15) is 0 Å². The molecular formula is C6H14ClO2P. The lowest BCUT2D eigenvalue weighted by molar-refractivity contribution is 0.336. The second-order valence-electron chi connectivity index (χ2n) is 1.90. The molecule has 10 heavy (non-hydrogen) atoms. The minimum absolute atomic E-state index is 0.192. The number of hydrogen-bond donors (Lipinski definition) is 0. The van der Waals surface area contributed by atoms with Crippen molar-refractivity contribution in [2.24, 2.45) is 0 Å². The molecule has 0 amide bonds. The highest BCUT2D eigenvalue weighted by Gasteiger charge is 2.18. The second kappa shape index (κ2) is 5.17. The number of alkyl halides is 1. The lowest BCUT2D eigenvalue weighted by Gasteiger charge is -2.12. The first-order chi connectivity index (χ1) is 5.37. The Bertz CT molecular complexity index is 171. The van der Waals surface area contributed by atoms with Gasteiger partial charge in [-0.25, -0.2) is 0 Å². The van der Waals surface area contributed by atoms with Crippen LogP contribution < -0.4 is 0 Å². The second-order valence-corrected chi connectivity index (χ2v) is 4.63. The van der Waals surface area contributed by atoms with Crippen molar-refractivity contribution in [3.63, 3.8) is 0 Å². The largest absolute Gasteiger partial charge is 0.328 e. The molecule has 0 aliphatic carbocycles. The van der Waals surface area contributed by atoms with Crippen LogP contribution in [0.4, 0.5) is 0 Å². The van der Waals surface area contributed by atoms with Gasteiger partial charge in [-0.1, -0.05) is 6.92 Å². The van der Waals surface area contributed by atoms with E-state index in [0.29, 0.717) is 6.42 Å². The van der Waals surface area contributed by atoms with E-state index < -0.39 is 12.9 Å². The van der Waals surface area contributed by atoms with Crippen molar-refractivity contribution in [3.05, 3.63) is 0 Å². The molecule has 2 nitrogen and oxygen atoms in total. The summed E-state index contributed by atoms with van der Waals surface area (Å²) in [7, 11) is -3.30. The van der Waals surface area contributed by atoms with Gasteiger partial charge in [0.05, 0.1) is 14.9 Å². The van der Waals surface area contributed by atoms with Crippen LogP contribution in [0, 0.1) is 0 Å². The highest BCUT2D eigenvalue weighted by atomic mass is 35.5. The van der Waals surface area contributed by atoms with E-state index >= 15 is 0 Å². The van der Waals surface area contributed by atoms with Crippen LogP contribution in [0.2, 0.25) is 0 Å². The molecule has 0 heterocycles. The topological polar surface area (TPSA) is 26.3 Å². The summed E-state index contributed by atoms with van der Waals surface area (Å²) in [6, 6.07) is 0. The Morgan fingerprint density at radius 2 is 2.30 bits per heavy atom. The molecule has 0 aromatic heterocycles. The van der Waals surface area contributed by atoms with Crippen molar-refractivity contribution in [2.75, 3.05) is 18.3 Å². The fourth-order valence-corrected chi connectivity index (χ4v) is 2.30. The van der Waals surface area contributed by atoms with Crippen molar-refractivity contribution in [2.45, 2.75) is 20.3 Å². The molecule has 0 N–H and O–H groups in total. The Labute approximate surface area is 70.2 Å². The van der Waals surface area contributed by atoms with Crippen LogP contribution in [-0.2, 0) is 9.09 Å². The predicted octanol–water partition coefficient (Wildman–Crippen LogP) is 2.91. The molecule has 1 atom stereocenters. The molecule has 0 saturated heterocycles. The molecule has 0 fully saturated rings. The van der Waals surface area contributed by atoms with Gasteiger partial charge in [0.15, 0.2) is 0 Å². The third-order valence-corrected chi connectivity index (χ3v) is 3.73. The molecule has 0 aliphatic rings. The average Bonchev–Trinajstić information content (AvgIpc) is 1.86. The fraction of sp³-hybridized carbons (Fsp3) is 1.00. The molecule has 0 aromatic carbocycles. The maximum absolute atomic E-state index is 11.7. The highest BCUT2D eigenvalue weighted by molar-refractivity contribution is 7.60. The molecule has 0 aliphatic heterocycles. The summed E-state index contributed by atoms with van der Waals surface area (Å²) in [4.78, 5) is 0. The summed E-state index contributed by atoms with van der Waals surface area (Å²) in [5.41, 5.74) is -2.24. The van der Waals surface area contributed by atoms with Crippen molar-refractivity contribution < 1.29 is 11.8 Å². The van der Waals surface area contributed by atoms with E-state index in [9.17, 15) is 4.57 Å². The van der Waals surface area contributed by atoms with Crippen molar-refractivity contribution in [3.8, 4) is 0 Å². The first-order valence-corrected chi connectivity index (χ1v) is 5.48. The number of hydrogen-bond acceptors (Lipinski definition) is 2. The maximum Gasteiger partial charge on any atom is 0.217 e. The van der Waals surface area contributed by atoms with Gasteiger partial charge in [0, 0.05) is 6.16 Å². The van der Waals surface area contributed by atoms with Gasteiger partial charge in [-0.15, -0.1) is 11.6 Å². The van der Waals surface area contributed by atoms with Gasteiger partial charge >= 0.3 is 0 Å². The molecule has 0 spiro atoms. The van der Waals surface area contributed by atoms with Gasteiger partial charge in [-0.2, -0.15) is 0 Å². The van der Waals surface area contributed by atoms with E-state index in [1.807, 2.05) is 6.92 Å². The minimum atomic E-state index is -3.30. The molecule has 0 radical (unpaired) electrons. The quantitative estimate of drug-likeness (QED) is 0.488.